The third-order valence-corrected chi connectivity index (χ3v) is 4.40. The molecule has 0 amide bonds. The van der Waals surface area contributed by atoms with Crippen LogP contribution in [0.2, 0.25) is 0 Å². The van der Waals surface area contributed by atoms with E-state index in [-0.39, 0.29) is 12.0 Å². The largest absolute Gasteiger partial charge is 0.416 e. The zero-order valence-corrected chi connectivity index (χ0v) is 13.2. The molecule has 0 spiro atoms. The molecular weight excluding hydrogens is 315 g/mol. The van der Waals surface area contributed by atoms with Crippen LogP contribution in [0.4, 0.5) is 13.2 Å². The van der Waals surface area contributed by atoms with E-state index in [4.69, 9.17) is 4.74 Å². The third-order valence-electron chi connectivity index (χ3n) is 4.40. The van der Waals surface area contributed by atoms with Crippen LogP contribution in [0.5, 0.6) is 0 Å². The van der Waals surface area contributed by atoms with E-state index in [0.717, 1.165) is 18.2 Å². The lowest BCUT2D eigenvalue weighted by Gasteiger charge is -2.32. The van der Waals surface area contributed by atoms with Crippen molar-refractivity contribution in [1.29, 1.82) is 0 Å². The predicted molar refractivity (Wildman–Crippen MR) is 86.9 cm³/mol. The molecule has 0 unspecified atom stereocenters. The zero-order chi connectivity index (χ0) is 17.0. The molecule has 24 heavy (non-hydrogen) atoms. The molecule has 1 aliphatic heterocycles. The van der Waals surface area contributed by atoms with Crippen molar-refractivity contribution in [1.82, 2.24) is 5.32 Å². The van der Waals surface area contributed by atoms with E-state index in [2.05, 4.69) is 5.32 Å². The quantitative estimate of drug-likeness (QED) is 0.911. The van der Waals surface area contributed by atoms with E-state index in [9.17, 15) is 13.2 Å². The van der Waals surface area contributed by atoms with Crippen LogP contribution in [0.25, 0.3) is 0 Å². The molecule has 1 N–H and O–H groups in total. The van der Waals surface area contributed by atoms with Crippen LogP contribution in [-0.4, -0.2) is 25.8 Å². The number of nitrogens with one attached hydrogen (secondary N) is 1. The highest BCUT2D eigenvalue weighted by atomic mass is 19.4. The summed E-state index contributed by atoms with van der Waals surface area (Å²) in [5, 5.41) is 3.27. The summed E-state index contributed by atoms with van der Waals surface area (Å²) in [6, 6.07) is 15.5. The lowest BCUT2D eigenvalue weighted by atomic mass is 9.85. The van der Waals surface area contributed by atoms with Gasteiger partial charge in [0.1, 0.15) is 0 Å². The Labute approximate surface area is 139 Å². The lowest BCUT2D eigenvalue weighted by Crippen LogP contribution is -2.42. The van der Waals surface area contributed by atoms with Gasteiger partial charge in [0, 0.05) is 19.0 Å². The Morgan fingerprint density at radius 2 is 1.75 bits per heavy atom. The van der Waals surface area contributed by atoms with Crippen LogP contribution in [0, 0.1) is 0 Å². The van der Waals surface area contributed by atoms with E-state index in [1.54, 1.807) is 12.1 Å². The standard InChI is InChI=1S/C19H20F3NO/c20-19(21,22)17-9-5-4-8-15(17)12-16(14-6-2-1-3-7-14)18-13-23-10-11-24-18/h1-9,16,18,23H,10-13H2/t16-,18-/m0/s1. The highest BCUT2D eigenvalue weighted by molar-refractivity contribution is 5.33. The summed E-state index contributed by atoms with van der Waals surface area (Å²) in [6.45, 7) is 2.00. The van der Waals surface area contributed by atoms with Crippen molar-refractivity contribution in [2.75, 3.05) is 19.7 Å². The Kier molecular flexibility index (Phi) is 5.21. The van der Waals surface area contributed by atoms with Gasteiger partial charge in [-0.15, -0.1) is 0 Å². The molecule has 0 aliphatic carbocycles. The van der Waals surface area contributed by atoms with E-state index >= 15 is 0 Å². The molecule has 0 bridgehead atoms. The van der Waals surface area contributed by atoms with Gasteiger partial charge in [-0.05, 0) is 23.6 Å². The highest BCUT2D eigenvalue weighted by Gasteiger charge is 2.35. The second kappa shape index (κ2) is 7.36. The van der Waals surface area contributed by atoms with Crippen LogP contribution in [0.15, 0.2) is 54.6 Å². The smallest absolute Gasteiger partial charge is 0.375 e. The number of benzene rings is 2. The molecule has 0 radical (unpaired) electrons. The van der Waals surface area contributed by atoms with Crippen molar-refractivity contribution in [3.8, 4) is 0 Å². The van der Waals surface area contributed by atoms with Gasteiger partial charge in [0.25, 0.3) is 0 Å². The fourth-order valence-corrected chi connectivity index (χ4v) is 3.22. The Morgan fingerprint density at radius 3 is 2.42 bits per heavy atom. The average Bonchev–Trinajstić information content (AvgIpc) is 2.61. The van der Waals surface area contributed by atoms with Gasteiger partial charge in [-0.3, -0.25) is 0 Å². The van der Waals surface area contributed by atoms with Crippen molar-refractivity contribution in [3.63, 3.8) is 0 Å². The molecule has 2 atom stereocenters. The first kappa shape index (κ1) is 17.0. The van der Waals surface area contributed by atoms with Crippen LogP contribution in [0.1, 0.15) is 22.6 Å². The van der Waals surface area contributed by atoms with Gasteiger partial charge in [-0.1, -0.05) is 48.5 Å². The molecule has 3 rings (SSSR count). The van der Waals surface area contributed by atoms with Gasteiger partial charge in [0.15, 0.2) is 0 Å². The molecule has 2 aromatic rings. The fraction of sp³-hybridized carbons (Fsp3) is 0.368. The van der Waals surface area contributed by atoms with Gasteiger partial charge in [0.05, 0.1) is 18.3 Å². The number of rotatable bonds is 4. The van der Waals surface area contributed by atoms with Crippen LogP contribution < -0.4 is 5.32 Å². The van der Waals surface area contributed by atoms with Crippen molar-refractivity contribution in [2.24, 2.45) is 0 Å². The van der Waals surface area contributed by atoms with Gasteiger partial charge < -0.3 is 10.1 Å². The lowest BCUT2D eigenvalue weighted by molar-refractivity contribution is -0.138. The number of morpholine rings is 1. The maximum Gasteiger partial charge on any atom is 0.416 e. The highest BCUT2D eigenvalue weighted by Crippen LogP contribution is 2.35. The summed E-state index contributed by atoms with van der Waals surface area (Å²) < 4.78 is 45.7. The summed E-state index contributed by atoms with van der Waals surface area (Å²) in [4.78, 5) is 0. The summed E-state index contributed by atoms with van der Waals surface area (Å²) in [6.07, 6.45) is -4.18. The number of alkyl halides is 3. The minimum Gasteiger partial charge on any atom is -0.375 e. The third kappa shape index (κ3) is 3.97. The van der Waals surface area contributed by atoms with Crippen molar-refractivity contribution in [3.05, 3.63) is 71.3 Å². The van der Waals surface area contributed by atoms with Gasteiger partial charge in [-0.25, -0.2) is 0 Å². The number of hydrogen-bond donors (Lipinski definition) is 1. The van der Waals surface area contributed by atoms with Crippen LogP contribution in [0.3, 0.4) is 0 Å². The van der Waals surface area contributed by atoms with Crippen LogP contribution >= 0.6 is 0 Å². The summed E-state index contributed by atoms with van der Waals surface area (Å²) >= 11 is 0. The molecule has 2 aromatic carbocycles. The Hall–Kier alpha value is -1.85. The monoisotopic (exact) mass is 335 g/mol. The number of halogens is 3. The number of ether oxygens (including phenoxy) is 1. The van der Waals surface area contributed by atoms with Crippen molar-refractivity contribution < 1.29 is 17.9 Å². The molecule has 1 aliphatic rings. The van der Waals surface area contributed by atoms with E-state index < -0.39 is 11.7 Å². The second-order valence-electron chi connectivity index (χ2n) is 5.99. The van der Waals surface area contributed by atoms with Crippen molar-refractivity contribution >= 4 is 0 Å². The fourth-order valence-electron chi connectivity index (χ4n) is 3.22. The van der Waals surface area contributed by atoms with Crippen molar-refractivity contribution in [2.45, 2.75) is 24.6 Å². The van der Waals surface area contributed by atoms with E-state index in [1.807, 2.05) is 30.3 Å². The summed E-state index contributed by atoms with van der Waals surface area (Å²) in [7, 11) is 0. The molecular formula is C19H20F3NO. The molecule has 0 aromatic heterocycles. The molecule has 0 saturated carbocycles. The molecule has 1 saturated heterocycles. The Balaban J connectivity index is 1.93. The average molecular weight is 335 g/mol. The number of hydrogen-bond acceptors (Lipinski definition) is 2. The minimum atomic E-state index is -4.34. The van der Waals surface area contributed by atoms with Gasteiger partial charge in [-0.2, -0.15) is 13.2 Å². The Morgan fingerprint density at radius 1 is 1.04 bits per heavy atom. The SMILES string of the molecule is FC(F)(F)c1ccccc1C[C@@H](c1ccccc1)[C@@H]1CNCCO1. The van der Waals surface area contributed by atoms with Gasteiger partial charge in [0.2, 0.25) is 0 Å². The molecule has 128 valence electrons. The van der Waals surface area contributed by atoms with E-state index in [0.29, 0.717) is 25.1 Å². The zero-order valence-electron chi connectivity index (χ0n) is 13.2. The normalized spacial score (nSPS) is 19.9. The first-order chi connectivity index (χ1) is 11.6. The predicted octanol–water partition coefficient (Wildman–Crippen LogP) is 4.02. The molecule has 2 nitrogen and oxygen atoms in total. The first-order valence-corrected chi connectivity index (χ1v) is 8.08. The molecule has 1 fully saturated rings. The van der Waals surface area contributed by atoms with Gasteiger partial charge >= 0.3 is 6.18 Å². The Bertz CT molecular complexity index is 651. The topological polar surface area (TPSA) is 21.3 Å². The summed E-state index contributed by atoms with van der Waals surface area (Å²) in [5.41, 5.74) is 0.755. The first-order valence-electron chi connectivity index (χ1n) is 8.08. The van der Waals surface area contributed by atoms with E-state index in [1.165, 1.54) is 6.07 Å². The molecule has 1 heterocycles. The minimum absolute atomic E-state index is 0.123. The second-order valence-corrected chi connectivity index (χ2v) is 5.99. The molecule has 5 heteroatoms. The van der Waals surface area contributed by atoms with Crippen LogP contribution in [-0.2, 0) is 17.3 Å². The maximum absolute atomic E-state index is 13.3. The summed E-state index contributed by atoms with van der Waals surface area (Å²) in [5.74, 6) is -0.123. The maximum atomic E-state index is 13.3.